The van der Waals surface area contributed by atoms with E-state index in [2.05, 4.69) is 42.6 Å². The van der Waals surface area contributed by atoms with Crippen LogP contribution in [0.1, 0.15) is 0 Å². The minimum Gasteiger partial charge on any atom is -0.351 e. The third-order valence-electron chi connectivity index (χ3n) is 1.44. The summed E-state index contributed by atoms with van der Waals surface area (Å²) >= 11 is 1.84. The summed E-state index contributed by atoms with van der Waals surface area (Å²) in [6.07, 6.45) is 6.28. The Balaban J connectivity index is 2.53. The third-order valence-corrected chi connectivity index (χ3v) is 2.53. The quantitative estimate of drug-likeness (QED) is 0.541. The van der Waals surface area contributed by atoms with Gasteiger partial charge in [-0.1, -0.05) is 0 Å². The molecule has 0 amide bonds. The number of rotatable bonds is 1. The van der Waals surface area contributed by atoms with Crippen molar-refractivity contribution in [2.24, 2.45) is 0 Å². The Kier molecular flexibility index (Phi) is 1.90. The summed E-state index contributed by atoms with van der Waals surface area (Å²) in [6, 6.07) is 0. The van der Waals surface area contributed by atoms with Crippen molar-refractivity contribution in [1.82, 2.24) is 9.80 Å². The largest absolute Gasteiger partial charge is 0.351 e. The van der Waals surface area contributed by atoms with E-state index in [1.54, 1.807) is 0 Å². The molecule has 0 fully saturated rings. The van der Waals surface area contributed by atoms with Gasteiger partial charge in [-0.3, -0.25) is 0 Å². The van der Waals surface area contributed by atoms with Gasteiger partial charge in [-0.15, -0.1) is 11.8 Å². The predicted octanol–water partition coefficient (Wildman–Crippen LogP) is 0.981. The number of thioether (sulfide) groups is 1. The van der Waals surface area contributed by atoms with Crippen LogP contribution in [0.4, 0.5) is 0 Å². The van der Waals surface area contributed by atoms with E-state index in [1.807, 2.05) is 11.8 Å². The molecule has 1 aliphatic heterocycles. The fraction of sp³-hybridized carbons (Fsp3) is 0.667. The SMILES string of the molecule is CSC1N(C)C=CN1C. The summed E-state index contributed by atoms with van der Waals surface area (Å²) < 4.78 is 0. The Morgan fingerprint density at radius 2 is 1.67 bits per heavy atom. The van der Waals surface area contributed by atoms with Crippen LogP contribution in [0.3, 0.4) is 0 Å². The summed E-state index contributed by atoms with van der Waals surface area (Å²) in [6.45, 7) is 0. The van der Waals surface area contributed by atoms with Crippen LogP contribution in [0, 0.1) is 0 Å². The molecule has 0 aromatic carbocycles. The van der Waals surface area contributed by atoms with E-state index in [1.165, 1.54) is 0 Å². The van der Waals surface area contributed by atoms with Crippen LogP contribution in [0.2, 0.25) is 0 Å². The van der Waals surface area contributed by atoms with E-state index >= 15 is 0 Å². The molecule has 0 radical (unpaired) electrons. The fourth-order valence-electron chi connectivity index (χ4n) is 0.977. The van der Waals surface area contributed by atoms with Crippen molar-refractivity contribution in [2.45, 2.75) is 5.50 Å². The van der Waals surface area contributed by atoms with Crippen molar-refractivity contribution in [2.75, 3.05) is 20.4 Å². The Bertz CT molecular complexity index is 112. The first-order valence-electron chi connectivity index (χ1n) is 2.90. The van der Waals surface area contributed by atoms with Crippen LogP contribution in [0.25, 0.3) is 0 Å². The van der Waals surface area contributed by atoms with E-state index < -0.39 is 0 Å². The van der Waals surface area contributed by atoms with Crippen LogP contribution in [-0.4, -0.2) is 35.6 Å². The molecule has 1 heterocycles. The van der Waals surface area contributed by atoms with Crippen molar-refractivity contribution >= 4 is 11.8 Å². The molecule has 9 heavy (non-hydrogen) atoms. The monoisotopic (exact) mass is 144 g/mol. The highest BCUT2D eigenvalue weighted by Crippen LogP contribution is 2.19. The van der Waals surface area contributed by atoms with Gasteiger partial charge in [0.05, 0.1) is 0 Å². The zero-order valence-corrected chi connectivity index (χ0v) is 6.85. The number of hydrogen-bond acceptors (Lipinski definition) is 3. The van der Waals surface area contributed by atoms with Crippen LogP contribution < -0.4 is 0 Å². The van der Waals surface area contributed by atoms with Crippen molar-refractivity contribution in [1.29, 1.82) is 0 Å². The first kappa shape index (κ1) is 6.81. The van der Waals surface area contributed by atoms with Gasteiger partial charge in [0.25, 0.3) is 0 Å². The van der Waals surface area contributed by atoms with E-state index in [0.29, 0.717) is 5.50 Å². The minimum atomic E-state index is 0.505. The van der Waals surface area contributed by atoms with Crippen LogP contribution in [0.15, 0.2) is 12.4 Å². The topological polar surface area (TPSA) is 6.48 Å². The van der Waals surface area contributed by atoms with Crippen molar-refractivity contribution in [3.63, 3.8) is 0 Å². The van der Waals surface area contributed by atoms with E-state index in [0.717, 1.165) is 0 Å². The van der Waals surface area contributed by atoms with Gasteiger partial charge in [0.2, 0.25) is 0 Å². The number of nitrogens with zero attached hydrogens (tertiary/aromatic N) is 2. The molecule has 52 valence electrons. The Morgan fingerprint density at radius 1 is 1.22 bits per heavy atom. The first-order valence-corrected chi connectivity index (χ1v) is 4.19. The highest BCUT2D eigenvalue weighted by Gasteiger charge is 2.17. The molecule has 1 aliphatic rings. The van der Waals surface area contributed by atoms with Gasteiger partial charge in [-0.05, 0) is 6.26 Å². The number of hydrogen-bond donors (Lipinski definition) is 0. The van der Waals surface area contributed by atoms with Crippen LogP contribution in [0.5, 0.6) is 0 Å². The van der Waals surface area contributed by atoms with Gasteiger partial charge in [-0.25, -0.2) is 0 Å². The standard InChI is InChI=1S/C6H12N2S/c1-7-4-5-8(2)6(7)9-3/h4-6H,1-3H3. The molecule has 0 aliphatic carbocycles. The molecule has 0 saturated carbocycles. The predicted molar refractivity (Wildman–Crippen MR) is 42.0 cm³/mol. The van der Waals surface area contributed by atoms with Gasteiger partial charge in [0, 0.05) is 26.5 Å². The summed E-state index contributed by atoms with van der Waals surface area (Å²) in [5.41, 5.74) is 0.505. The zero-order valence-electron chi connectivity index (χ0n) is 6.03. The lowest BCUT2D eigenvalue weighted by Crippen LogP contribution is -2.30. The van der Waals surface area contributed by atoms with Gasteiger partial charge in [0.1, 0.15) is 5.50 Å². The second kappa shape index (κ2) is 2.52. The lowest BCUT2D eigenvalue weighted by atomic mass is 10.8. The van der Waals surface area contributed by atoms with Crippen LogP contribution in [-0.2, 0) is 0 Å². The van der Waals surface area contributed by atoms with Crippen LogP contribution >= 0.6 is 11.8 Å². The van der Waals surface area contributed by atoms with Gasteiger partial charge < -0.3 is 9.80 Å². The molecular weight excluding hydrogens is 132 g/mol. The Labute approximate surface area is 60.5 Å². The molecule has 0 bridgehead atoms. The third kappa shape index (κ3) is 1.15. The molecule has 0 atom stereocenters. The summed E-state index contributed by atoms with van der Waals surface area (Å²) in [5, 5.41) is 0. The highest BCUT2D eigenvalue weighted by atomic mass is 32.2. The van der Waals surface area contributed by atoms with Gasteiger partial charge in [0.15, 0.2) is 0 Å². The Hall–Kier alpha value is -0.310. The summed E-state index contributed by atoms with van der Waals surface area (Å²) in [4.78, 5) is 4.37. The lowest BCUT2D eigenvalue weighted by Gasteiger charge is -2.24. The van der Waals surface area contributed by atoms with Crippen molar-refractivity contribution in [3.8, 4) is 0 Å². The molecule has 0 N–H and O–H groups in total. The van der Waals surface area contributed by atoms with E-state index in [9.17, 15) is 0 Å². The molecule has 0 saturated heterocycles. The molecule has 0 aromatic rings. The highest BCUT2D eigenvalue weighted by molar-refractivity contribution is 7.99. The molecule has 0 unspecified atom stereocenters. The molecule has 1 rings (SSSR count). The maximum absolute atomic E-state index is 2.19. The molecular formula is C6H12N2S. The molecule has 3 heteroatoms. The molecule has 0 spiro atoms. The van der Waals surface area contributed by atoms with Crippen molar-refractivity contribution in [3.05, 3.63) is 12.4 Å². The maximum atomic E-state index is 2.19. The summed E-state index contributed by atoms with van der Waals surface area (Å²) in [7, 11) is 4.17. The van der Waals surface area contributed by atoms with Crippen molar-refractivity contribution < 1.29 is 0 Å². The van der Waals surface area contributed by atoms with E-state index in [-0.39, 0.29) is 0 Å². The smallest absolute Gasteiger partial charge is 0.149 e. The first-order chi connectivity index (χ1) is 4.25. The normalized spacial score (nSPS) is 19.9. The second-order valence-electron chi connectivity index (χ2n) is 2.19. The zero-order chi connectivity index (χ0) is 6.85. The van der Waals surface area contributed by atoms with Gasteiger partial charge in [-0.2, -0.15) is 0 Å². The molecule has 0 aromatic heterocycles. The maximum Gasteiger partial charge on any atom is 0.149 e. The van der Waals surface area contributed by atoms with Gasteiger partial charge >= 0.3 is 0 Å². The molecule has 2 nitrogen and oxygen atoms in total. The Morgan fingerprint density at radius 3 is 1.89 bits per heavy atom. The lowest BCUT2D eigenvalue weighted by molar-refractivity contribution is 0.302. The minimum absolute atomic E-state index is 0.505. The summed E-state index contributed by atoms with van der Waals surface area (Å²) in [5.74, 6) is 0. The fourth-order valence-corrected chi connectivity index (χ4v) is 1.78. The average Bonchev–Trinajstić information content (AvgIpc) is 2.12. The van der Waals surface area contributed by atoms with E-state index in [4.69, 9.17) is 0 Å². The second-order valence-corrected chi connectivity index (χ2v) is 3.08. The average molecular weight is 144 g/mol.